The number of hydrogen-bond acceptors (Lipinski definition) is 3. The minimum absolute atomic E-state index is 0.273. The number of hydrogen-bond donors (Lipinski definition) is 1. The van der Waals surface area contributed by atoms with E-state index in [9.17, 15) is 0 Å². The zero-order valence-corrected chi connectivity index (χ0v) is 14.2. The Labute approximate surface area is 132 Å². The molecule has 2 aliphatic rings. The van der Waals surface area contributed by atoms with Crippen molar-refractivity contribution in [3.05, 3.63) is 16.4 Å². The van der Waals surface area contributed by atoms with Crippen LogP contribution in [0.25, 0.3) is 0 Å². The topological polar surface area (TPSA) is 33.1 Å². The first kappa shape index (κ1) is 15.3. The standard InChI is InChI=1S/C16H27ClN4/c1-4-21-14(15(17)12(2)19-21)10-20-9-5-8-18-16(3,11-20)13-6-7-13/h13,18H,4-11H2,1-3H3. The van der Waals surface area contributed by atoms with Crippen LogP contribution in [0.5, 0.6) is 0 Å². The fraction of sp³-hybridized carbons (Fsp3) is 0.812. The molecule has 1 saturated carbocycles. The van der Waals surface area contributed by atoms with Crippen molar-refractivity contribution in [2.75, 3.05) is 19.6 Å². The van der Waals surface area contributed by atoms with Gasteiger partial charge in [0.25, 0.3) is 0 Å². The van der Waals surface area contributed by atoms with Crippen molar-refractivity contribution < 1.29 is 0 Å². The molecule has 3 rings (SSSR count). The summed E-state index contributed by atoms with van der Waals surface area (Å²) < 4.78 is 2.06. The fourth-order valence-electron chi connectivity index (χ4n) is 3.64. The van der Waals surface area contributed by atoms with Crippen LogP contribution in [0.3, 0.4) is 0 Å². The van der Waals surface area contributed by atoms with Gasteiger partial charge >= 0.3 is 0 Å². The first-order valence-electron chi connectivity index (χ1n) is 8.22. The van der Waals surface area contributed by atoms with Gasteiger partial charge in [0.2, 0.25) is 0 Å². The van der Waals surface area contributed by atoms with Crippen LogP contribution in [0.2, 0.25) is 5.02 Å². The van der Waals surface area contributed by atoms with Crippen LogP contribution < -0.4 is 5.32 Å². The summed E-state index contributed by atoms with van der Waals surface area (Å²) >= 11 is 6.47. The quantitative estimate of drug-likeness (QED) is 0.928. The Morgan fingerprint density at radius 1 is 1.43 bits per heavy atom. The molecule has 0 bridgehead atoms. The van der Waals surface area contributed by atoms with Crippen molar-refractivity contribution in [1.29, 1.82) is 0 Å². The molecule has 4 nitrogen and oxygen atoms in total. The van der Waals surface area contributed by atoms with Gasteiger partial charge in [-0.2, -0.15) is 5.10 Å². The molecule has 1 aromatic heterocycles. The number of nitrogens with zero attached hydrogens (tertiary/aromatic N) is 3. The summed E-state index contributed by atoms with van der Waals surface area (Å²) in [6.45, 7) is 11.7. The van der Waals surface area contributed by atoms with Crippen molar-refractivity contribution in [2.45, 2.75) is 58.7 Å². The molecule has 2 fully saturated rings. The molecule has 118 valence electrons. The number of rotatable bonds is 4. The summed E-state index contributed by atoms with van der Waals surface area (Å²) in [4.78, 5) is 2.56. The molecule has 1 N–H and O–H groups in total. The lowest BCUT2D eigenvalue weighted by Gasteiger charge is -2.34. The van der Waals surface area contributed by atoms with Gasteiger partial charge in [-0.1, -0.05) is 11.6 Å². The van der Waals surface area contributed by atoms with Gasteiger partial charge in [-0.05, 0) is 59.0 Å². The molecule has 5 heteroatoms. The highest BCUT2D eigenvalue weighted by atomic mass is 35.5. The van der Waals surface area contributed by atoms with E-state index in [2.05, 4.69) is 33.8 Å². The molecule has 1 aliphatic heterocycles. The van der Waals surface area contributed by atoms with Crippen molar-refractivity contribution >= 4 is 11.6 Å². The van der Waals surface area contributed by atoms with Crippen molar-refractivity contribution in [1.82, 2.24) is 20.0 Å². The zero-order valence-electron chi connectivity index (χ0n) is 13.5. The smallest absolute Gasteiger partial charge is 0.0860 e. The minimum Gasteiger partial charge on any atom is -0.310 e. The van der Waals surface area contributed by atoms with Crippen LogP contribution in [-0.4, -0.2) is 39.9 Å². The van der Waals surface area contributed by atoms with E-state index in [1.54, 1.807) is 0 Å². The van der Waals surface area contributed by atoms with Gasteiger partial charge in [-0.25, -0.2) is 0 Å². The van der Waals surface area contributed by atoms with Gasteiger partial charge in [0.1, 0.15) is 0 Å². The van der Waals surface area contributed by atoms with Crippen LogP contribution in [0, 0.1) is 12.8 Å². The van der Waals surface area contributed by atoms with E-state index in [-0.39, 0.29) is 5.54 Å². The Balaban J connectivity index is 1.77. The molecule has 0 spiro atoms. The van der Waals surface area contributed by atoms with Crippen molar-refractivity contribution in [3.8, 4) is 0 Å². The minimum atomic E-state index is 0.273. The second-order valence-electron chi connectivity index (χ2n) is 6.84. The molecule has 2 heterocycles. The largest absolute Gasteiger partial charge is 0.310 e. The Kier molecular flexibility index (Phi) is 4.30. The maximum atomic E-state index is 6.47. The average Bonchev–Trinajstić information content (AvgIpc) is 3.27. The van der Waals surface area contributed by atoms with Crippen LogP contribution in [0.4, 0.5) is 0 Å². The Hall–Kier alpha value is -0.580. The molecule has 1 aromatic rings. The lowest BCUT2D eigenvalue weighted by molar-refractivity contribution is 0.191. The molecule has 0 amide bonds. The Morgan fingerprint density at radius 3 is 2.86 bits per heavy atom. The van der Waals surface area contributed by atoms with Gasteiger partial charge in [-0.3, -0.25) is 9.58 Å². The lowest BCUT2D eigenvalue weighted by Crippen LogP contribution is -2.50. The summed E-state index contributed by atoms with van der Waals surface area (Å²) in [5.41, 5.74) is 2.40. The molecule has 1 atom stereocenters. The first-order chi connectivity index (χ1) is 10.0. The van der Waals surface area contributed by atoms with Crippen molar-refractivity contribution in [2.24, 2.45) is 5.92 Å². The predicted molar refractivity (Wildman–Crippen MR) is 86.7 cm³/mol. The third kappa shape index (κ3) is 3.13. The fourth-order valence-corrected chi connectivity index (χ4v) is 3.83. The maximum absolute atomic E-state index is 6.47. The van der Waals surface area contributed by atoms with Crippen LogP contribution in [-0.2, 0) is 13.1 Å². The normalized spacial score (nSPS) is 27.8. The van der Waals surface area contributed by atoms with E-state index in [0.717, 1.165) is 49.4 Å². The first-order valence-corrected chi connectivity index (χ1v) is 8.60. The van der Waals surface area contributed by atoms with E-state index in [1.165, 1.54) is 25.0 Å². The molecule has 0 radical (unpaired) electrons. The number of halogens is 1. The van der Waals surface area contributed by atoms with Crippen LogP contribution in [0.15, 0.2) is 0 Å². The third-order valence-electron chi connectivity index (χ3n) is 5.04. The molecule has 1 unspecified atom stereocenters. The van der Waals surface area contributed by atoms with Crippen LogP contribution >= 0.6 is 11.6 Å². The van der Waals surface area contributed by atoms with Crippen molar-refractivity contribution in [3.63, 3.8) is 0 Å². The van der Waals surface area contributed by atoms with E-state index in [1.807, 2.05) is 6.92 Å². The second kappa shape index (κ2) is 5.90. The molecule has 1 saturated heterocycles. The third-order valence-corrected chi connectivity index (χ3v) is 5.53. The van der Waals surface area contributed by atoms with E-state index >= 15 is 0 Å². The van der Waals surface area contributed by atoms with Gasteiger partial charge in [0.05, 0.1) is 16.4 Å². The molecule has 1 aliphatic carbocycles. The molecule has 0 aromatic carbocycles. The Bertz CT molecular complexity index is 509. The summed E-state index contributed by atoms with van der Waals surface area (Å²) in [7, 11) is 0. The Morgan fingerprint density at radius 2 is 2.19 bits per heavy atom. The second-order valence-corrected chi connectivity index (χ2v) is 7.22. The maximum Gasteiger partial charge on any atom is 0.0860 e. The predicted octanol–water partition coefficient (Wildman–Crippen LogP) is 2.83. The SMILES string of the molecule is CCn1nc(C)c(Cl)c1CN1CCCNC(C)(C2CC2)C1. The number of aryl methyl sites for hydroxylation is 2. The van der Waals surface area contributed by atoms with Gasteiger partial charge in [-0.15, -0.1) is 0 Å². The average molecular weight is 311 g/mol. The van der Waals surface area contributed by atoms with E-state index < -0.39 is 0 Å². The van der Waals surface area contributed by atoms with Gasteiger partial charge in [0, 0.05) is 25.2 Å². The molecular weight excluding hydrogens is 284 g/mol. The summed E-state index contributed by atoms with van der Waals surface area (Å²) in [6, 6.07) is 0. The van der Waals surface area contributed by atoms with E-state index in [4.69, 9.17) is 11.6 Å². The summed E-state index contributed by atoms with van der Waals surface area (Å²) in [6.07, 6.45) is 3.97. The monoisotopic (exact) mass is 310 g/mol. The summed E-state index contributed by atoms with van der Waals surface area (Å²) in [5, 5.41) is 9.18. The van der Waals surface area contributed by atoms with Gasteiger partial charge in [0.15, 0.2) is 0 Å². The highest BCUT2D eigenvalue weighted by Crippen LogP contribution is 2.40. The zero-order chi connectivity index (χ0) is 15.0. The van der Waals surface area contributed by atoms with E-state index in [0.29, 0.717) is 0 Å². The highest BCUT2D eigenvalue weighted by Gasteiger charge is 2.43. The number of nitrogens with one attached hydrogen (secondary N) is 1. The number of aromatic nitrogens is 2. The molecular formula is C16H27ClN4. The highest BCUT2D eigenvalue weighted by molar-refractivity contribution is 6.31. The van der Waals surface area contributed by atoms with Gasteiger partial charge < -0.3 is 5.32 Å². The van der Waals surface area contributed by atoms with Crippen LogP contribution in [0.1, 0.15) is 44.5 Å². The lowest BCUT2D eigenvalue weighted by atomic mass is 9.95. The summed E-state index contributed by atoms with van der Waals surface area (Å²) in [5.74, 6) is 0.853. The molecule has 21 heavy (non-hydrogen) atoms.